The lowest BCUT2D eigenvalue weighted by Gasteiger charge is -2.38. The molecule has 230 valence electrons. The number of hydrogen-bond donors (Lipinski definition) is 4. The van der Waals surface area contributed by atoms with Crippen LogP contribution >= 0.6 is 0 Å². The molecule has 12 heteroatoms. The van der Waals surface area contributed by atoms with Gasteiger partial charge in [-0.2, -0.15) is 13.2 Å². The van der Waals surface area contributed by atoms with E-state index < -0.39 is 30.3 Å². The standard InChI is InChI=1S/C31H35F3N4O5/c32-31(33,34)28(40)35-17-20-38(27(39)16-22-43-23-19-36-29(41)42)21-18-37-30(24-10-4-1-5-11-24,25-12-6-2-7-13-25)26-14-8-3-9-15-26/h1-15,36-37H,16-23H2,(H,35,40)(H,41,42). The number of benzene rings is 3. The zero-order valence-electron chi connectivity index (χ0n) is 23.5. The van der Waals surface area contributed by atoms with Crippen molar-refractivity contribution in [2.75, 3.05) is 45.9 Å². The Morgan fingerprint density at radius 3 is 1.65 bits per heavy atom. The number of nitrogens with zero attached hydrogens (tertiary/aromatic N) is 1. The Labute approximate surface area is 248 Å². The molecule has 0 bridgehead atoms. The van der Waals surface area contributed by atoms with Crippen molar-refractivity contribution < 1.29 is 37.4 Å². The fraction of sp³-hybridized carbons (Fsp3) is 0.323. The first-order valence-electron chi connectivity index (χ1n) is 13.7. The van der Waals surface area contributed by atoms with E-state index in [1.54, 1.807) is 0 Å². The topological polar surface area (TPSA) is 120 Å². The molecule has 43 heavy (non-hydrogen) atoms. The van der Waals surface area contributed by atoms with Crippen LogP contribution in [-0.2, 0) is 19.9 Å². The Hall–Kier alpha value is -4.42. The summed E-state index contributed by atoms with van der Waals surface area (Å²) in [6, 6.07) is 29.3. The molecule has 0 spiro atoms. The molecule has 4 N–H and O–H groups in total. The highest BCUT2D eigenvalue weighted by molar-refractivity contribution is 5.81. The molecule has 0 radical (unpaired) electrons. The Morgan fingerprint density at radius 2 is 1.19 bits per heavy atom. The van der Waals surface area contributed by atoms with Gasteiger partial charge in [-0.05, 0) is 16.7 Å². The minimum atomic E-state index is -5.03. The summed E-state index contributed by atoms with van der Waals surface area (Å²) >= 11 is 0. The second kappa shape index (κ2) is 16.3. The third-order valence-electron chi connectivity index (χ3n) is 6.65. The maximum Gasteiger partial charge on any atom is 0.471 e. The fourth-order valence-corrected chi connectivity index (χ4v) is 4.66. The van der Waals surface area contributed by atoms with Crippen LogP contribution in [-0.4, -0.2) is 80.0 Å². The molecule has 3 amide bonds. The van der Waals surface area contributed by atoms with Gasteiger partial charge in [-0.15, -0.1) is 0 Å². The third-order valence-corrected chi connectivity index (χ3v) is 6.65. The smallest absolute Gasteiger partial charge is 0.465 e. The maximum absolute atomic E-state index is 13.1. The van der Waals surface area contributed by atoms with Crippen molar-refractivity contribution in [3.63, 3.8) is 0 Å². The van der Waals surface area contributed by atoms with Gasteiger partial charge in [0.2, 0.25) is 5.91 Å². The van der Waals surface area contributed by atoms with Gasteiger partial charge in [-0.1, -0.05) is 91.0 Å². The van der Waals surface area contributed by atoms with Crippen LogP contribution in [0, 0.1) is 0 Å². The molecule has 0 fully saturated rings. The van der Waals surface area contributed by atoms with E-state index in [1.807, 2.05) is 96.3 Å². The monoisotopic (exact) mass is 600 g/mol. The van der Waals surface area contributed by atoms with Crippen LogP contribution in [0.15, 0.2) is 91.0 Å². The number of ether oxygens (including phenoxy) is 1. The van der Waals surface area contributed by atoms with Gasteiger partial charge < -0.3 is 25.4 Å². The molecule has 0 aliphatic heterocycles. The van der Waals surface area contributed by atoms with Crippen LogP contribution in [0.3, 0.4) is 0 Å². The van der Waals surface area contributed by atoms with Crippen molar-refractivity contribution in [1.82, 2.24) is 20.9 Å². The van der Waals surface area contributed by atoms with Gasteiger partial charge in [-0.25, -0.2) is 4.79 Å². The number of carbonyl (C=O) groups excluding carboxylic acids is 2. The molecule has 0 atom stereocenters. The summed E-state index contributed by atoms with van der Waals surface area (Å²) in [5.41, 5.74) is 2.03. The van der Waals surface area contributed by atoms with Crippen LogP contribution in [0.4, 0.5) is 18.0 Å². The molecule has 3 aromatic carbocycles. The molecular formula is C31H35F3N4O5. The third kappa shape index (κ3) is 9.83. The number of rotatable bonds is 16. The average Bonchev–Trinajstić information content (AvgIpc) is 3.00. The van der Waals surface area contributed by atoms with Crippen molar-refractivity contribution in [1.29, 1.82) is 0 Å². The summed E-state index contributed by atoms with van der Waals surface area (Å²) in [7, 11) is 0. The fourth-order valence-electron chi connectivity index (χ4n) is 4.66. The number of carboxylic acid groups (broad SMARTS) is 1. The highest BCUT2D eigenvalue weighted by Crippen LogP contribution is 2.36. The Balaban J connectivity index is 1.79. The zero-order valence-corrected chi connectivity index (χ0v) is 23.5. The normalized spacial score (nSPS) is 11.5. The van der Waals surface area contributed by atoms with Crippen LogP contribution < -0.4 is 16.0 Å². The maximum atomic E-state index is 13.1. The number of amides is 3. The minimum absolute atomic E-state index is 0.0129. The predicted molar refractivity (Wildman–Crippen MR) is 154 cm³/mol. The van der Waals surface area contributed by atoms with Gasteiger partial charge in [0.15, 0.2) is 0 Å². The molecule has 0 unspecified atom stereocenters. The molecule has 0 saturated heterocycles. The highest BCUT2D eigenvalue weighted by Gasteiger charge is 2.38. The zero-order chi connectivity index (χ0) is 31.1. The lowest BCUT2D eigenvalue weighted by Crippen LogP contribution is -2.49. The summed E-state index contributed by atoms with van der Waals surface area (Å²) in [5, 5.41) is 16.2. The number of alkyl halides is 3. The van der Waals surface area contributed by atoms with E-state index in [0.717, 1.165) is 16.7 Å². The first-order chi connectivity index (χ1) is 20.6. The summed E-state index contributed by atoms with van der Waals surface area (Å²) in [5.74, 6) is -2.47. The predicted octanol–water partition coefficient (Wildman–Crippen LogP) is 3.75. The number of carbonyl (C=O) groups is 3. The average molecular weight is 601 g/mol. The number of nitrogens with one attached hydrogen (secondary N) is 3. The molecule has 0 heterocycles. The van der Waals surface area contributed by atoms with Crippen LogP contribution in [0.25, 0.3) is 0 Å². The molecule has 3 aromatic rings. The summed E-state index contributed by atoms with van der Waals surface area (Å²) < 4.78 is 43.4. The van der Waals surface area contributed by atoms with Gasteiger partial charge in [0.1, 0.15) is 0 Å². The van der Waals surface area contributed by atoms with Gasteiger partial charge in [0, 0.05) is 32.7 Å². The van der Waals surface area contributed by atoms with Crippen LogP contribution in [0.1, 0.15) is 23.1 Å². The van der Waals surface area contributed by atoms with E-state index >= 15 is 0 Å². The van der Waals surface area contributed by atoms with Gasteiger partial charge in [0.05, 0.1) is 25.2 Å². The lowest BCUT2D eigenvalue weighted by molar-refractivity contribution is -0.173. The molecule has 9 nitrogen and oxygen atoms in total. The summed E-state index contributed by atoms with van der Waals surface area (Å²) in [6.07, 6.45) is -6.31. The number of hydrogen-bond acceptors (Lipinski definition) is 5. The Morgan fingerprint density at radius 1 is 0.698 bits per heavy atom. The quantitative estimate of drug-likeness (QED) is 0.147. The lowest BCUT2D eigenvalue weighted by atomic mass is 9.77. The van der Waals surface area contributed by atoms with Gasteiger partial charge in [0.25, 0.3) is 0 Å². The number of halogens is 3. The van der Waals surface area contributed by atoms with Crippen molar-refractivity contribution in [2.24, 2.45) is 0 Å². The first kappa shape index (κ1) is 33.1. The summed E-state index contributed by atoms with van der Waals surface area (Å²) in [6.45, 7) is -0.0954. The Kier molecular flexibility index (Phi) is 12.5. The van der Waals surface area contributed by atoms with Gasteiger partial charge >= 0.3 is 18.2 Å². The summed E-state index contributed by atoms with van der Waals surface area (Å²) in [4.78, 5) is 36.3. The van der Waals surface area contributed by atoms with E-state index in [0.29, 0.717) is 0 Å². The molecule has 3 rings (SSSR count). The van der Waals surface area contributed by atoms with Crippen molar-refractivity contribution >= 4 is 17.9 Å². The molecule has 0 saturated carbocycles. The van der Waals surface area contributed by atoms with Crippen LogP contribution in [0.2, 0.25) is 0 Å². The second-order valence-electron chi connectivity index (χ2n) is 9.50. The van der Waals surface area contributed by atoms with E-state index in [4.69, 9.17) is 9.84 Å². The molecule has 0 aromatic heterocycles. The van der Waals surface area contributed by atoms with E-state index in [2.05, 4.69) is 10.6 Å². The molecular weight excluding hydrogens is 565 g/mol. The van der Waals surface area contributed by atoms with Crippen molar-refractivity contribution in [2.45, 2.75) is 18.1 Å². The van der Waals surface area contributed by atoms with Crippen molar-refractivity contribution in [3.8, 4) is 0 Å². The van der Waals surface area contributed by atoms with Crippen LogP contribution in [0.5, 0.6) is 0 Å². The first-order valence-corrected chi connectivity index (χ1v) is 13.7. The Bertz CT molecular complexity index is 1200. The largest absolute Gasteiger partial charge is 0.471 e. The highest BCUT2D eigenvalue weighted by atomic mass is 19.4. The minimum Gasteiger partial charge on any atom is -0.465 e. The molecule has 0 aliphatic carbocycles. The van der Waals surface area contributed by atoms with E-state index in [9.17, 15) is 27.6 Å². The second-order valence-corrected chi connectivity index (χ2v) is 9.50. The molecule has 0 aliphatic rings. The SMILES string of the molecule is O=C(O)NCCOCCC(=O)N(CCNC(=O)C(F)(F)F)CCNC(c1ccccc1)(c1ccccc1)c1ccccc1. The van der Waals surface area contributed by atoms with E-state index in [-0.39, 0.29) is 51.7 Å². The van der Waals surface area contributed by atoms with E-state index in [1.165, 1.54) is 4.90 Å². The van der Waals surface area contributed by atoms with Crippen molar-refractivity contribution in [3.05, 3.63) is 108 Å². The van der Waals surface area contributed by atoms with Gasteiger partial charge in [-0.3, -0.25) is 14.9 Å².